The second-order valence-electron chi connectivity index (χ2n) is 7.15. The zero-order valence-electron chi connectivity index (χ0n) is 16.4. The van der Waals surface area contributed by atoms with E-state index in [0.717, 1.165) is 17.1 Å². The van der Waals surface area contributed by atoms with E-state index < -0.39 is 0 Å². The quantitative estimate of drug-likeness (QED) is 0.577. The molecule has 1 aliphatic carbocycles. The van der Waals surface area contributed by atoms with Crippen molar-refractivity contribution in [2.24, 2.45) is 0 Å². The van der Waals surface area contributed by atoms with Crippen LogP contribution in [0.25, 0.3) is 11.4 Å². The molecule has 0 unspecified atom stereocenters. The molecule has 0 amide bonds. The summed E-state index contributed by atoms with van der Waals surface area (Å²) in [6.07, 6.45) is 4.85. The van der Waals surface area contributed by atoms with E-state index in [4.69, 9.17) is 14.7 Å². The fraction of sp³-hybridized carbons (Fsp3) is 0.261. The third kappa shape index (κ3) is 4.71. The van der Waals surface area contributed by atoms with Gasteiger partial charge in [-0.1, -0.05) is 43.2 Å². The Bertz CT molecular complexity index is 968. The highest BCUT2D eigenvalue weighted by Crippen LogP contribution is 2.26. The average Bonchev–Trinajstić information content (AvgIpc) is 3.27. The van der Waals surface area contributed by atoms with Gasteiger partial charge in [-0.2, -0.15) is 0 Å². The number of rotatable bonds is 6. The van der Waals surface area contributed by atoms with Gasteiger partial charge in [-0.15, -0.1) is 0 Å². The lowest BCUT2D eigenvalue weighted by molar-refractivity contribution is 0.0601. The first-order chi connectivity index (χ1) is 14.2. The van der Waals surface area contributed by atoms with Crippen molar-refractivity contribution in [3.05, 3.63) is 66.2 Å². The molecule has 0 spiro atoms. The summed E-state index contributed by atoms with van der Waals surface area (Å²) >= 11 is 0. The minimum absolute atomic E-state index is 0.354. The van der Waals surface area contributed by atoms with Crippen LogP contribution in [0.1, 0.15) is 36.0 Å². The van der Waals surface area contributed by atoms with Crippen LogP contribution in [0.4, 0.5) is 17.3 Å². The molecule has 1 heterocycles. The molecular weight excluding hydrogens is 364 g/mol. The van der Waals surface area contributed by atoms with Crippen molar-refractivity contribution in [2.45, 2.75) is 31.7 Å². The van der Waals surface area contributed by atoms with Crippen LogP contribution in [0.5, 0.6) is 0 Å². The van der Waals surface area contributed by atoms with E-state index in [9.17, 15) is 4.79 Å². The minimum atomic E-state index is -0.354. The smallest absolute Gasteiger partial charge is 0.337 e. The third-order valence-corrected chi connectivity index (χ3v) is 5.04. The number of hydrogen-bond acceptors (Lipinski definition) is 6. The van der Waals surface area contributed by atoms with E-state index in [1.54, 1.807) is 12.1 Å². The lowest BCUT2D eigenvalue weighted by atomic mass is 10.2. The van der Waals surface area contributed by atoms with Crippen LogP contribution in [0.2, 0.25) is 0 Å². The van der Waals surface area contributed by atoms with Crippen LogP contribution in [0.15, 0.2) is 60.7 Å². The van der Waals surface area contributed by atoms with Gasteiger partial charge in [0.1, 0.15) is 11.6 Å². The third-order valence-electron chi connectivity index (χ3n) is 5.04. The summed E-state index contributed by atoms with van der Waals surface area (Å²) < 4.78 is 4.75. The Hall–Kier alpha value is -3.41. The number of ether oxygens (including phenoxy) is 1. The van der Waals surface area contributed by atoms with Crippen molar-refractivity contribution in [3.8, 4) is 11.4 Å². The molecule has 148 valence electrons. The normalized spacial score (nSPS) is 13.8. The molecule has 1 saturated carbocycles. The van der Waals surface area contributed by atoms with Crippen LogP contribution >= 0.6 is 0 Å². The summed E-state index contributed by atoms with van der Waals surface area (Å²) in [7, 11) is 1.37. The second kappa shape index (κ2) is 8.73. The molecule has 29 heavy (non-hydrogen) atoms. The van der Waals surface area contributed by atoms with Gasteiger partial charge in [0.25, 0.3) is 0 Å². The van der Waals surface area contributed by atoms with E-state index in [-0.39, 0.29) is 5.97 Å². The largest absolute Gasteiger partial charge is 0.465 e. The summed E-state index contributed by atoms with van der Waals surface area (Å²) in [6, 6.07) is 19.5. The molecular formula is C23H24N4O2. The van der Waals surface area contributed by atoms with Gasteiger partial charge in [0.2, 0.25) is 0 Å². The van der Waals surface area contributed by atoms with E-state index in [1.165, 1.54) is 32.8 Å². The Morgan fingerprint density at radius 3 is 2.34 bits per heavy atom. The van der Waals surface area contributed by atoms with Gasteiger partial charge in [0.05, 0.1) is 12.7 Å². The molecule has 1 aromatic heterocycles. The number of methoxy groups -OCH3 is 1. The van der Waals surface area contributed by atoms with Gasteiger partial charge in [-0.3, -0.25) is 0 Å². The van der Waals surface area contributed by atoms with Crippen LogP contribution < -0.4 is 10.6 Å². The highest BCUT2D eigenvalue weighted by atomic mass is 16.5. The van der Waals surface area contributed by atoms with Gasteiger partial charge in [-0.25, -0.2) is 14.8 Å². The molecule has 6 nitrogen and oxygen atoms in total. The maximum absolute atomic E-state index is 11.6. The zero-order chi connectivity index (χ0) is 20.1. The summed E-state index contributed by atoms with van der Waals surface area (Å²) in [5.41, 5.74) is 2.31. The molecule has 0 saturated heterocycles. The highest BCUT2D eigenvalue weighted by Gasteiger charge is 2.16. The molecule has 2 N–H and O–H groups in total. The highest BCUT2D eigenvalue weighted by molar-refractivity contribution is 5.89. The van der Waals surface area contributed by atoms with Crippen LogP contribution in [-0.4, -0.2) is 29.1 Å². The minimum Gasteiger partial charge on any atom is -0.465 e. The zero-order valence-corrected chi connectivity index (χ0v) is 16.4. The number of aromatic nitrogens is 2. The number of carbonyl (C=O) groups is 1. The average molecular weight is 388 g/mol. The number of nitrogens with one attached hydrogen (secondary N) is 2. The summed E-state index contributed by atoms with van der Waals surface area (Å²) in [4.78, 5) is 21.0. The number of esters is 1. The molecule has 2 aromatic carbocycles. The van der Waals surface area contributed by atoms with Gasteiger partial charge in [0, 0.05) is 23.4 Å². The molecule has 1 aliphatic rings. The second-order valence-corrected chi connectivity index (χ2v) is 7.15. The lowest BCUT2D eigenvalue weighted by Crippen LogP contribution is -2.16. The summed E-state index contributed by atoms with van der Waals surface area (Å²) in [5, 5.41) is 6.88. The first-order valence-corrected chi connectivity index (χ1v) is 9.88. The van der Waals surface area contributed by atoms with Crippen molar-refractivity contribution >= 4 is 23.3 Å². The van der Waals surface area contributed by atoms with Crippen molar-refractivity contribution in [1.82, 2.24) is 9.97 Å². The van der Waals surface area contributed by atoms with E-state index >= 15 is 0 Å². The van der Waals surface area contributed by atoms with Gasteiger partial charge in [0.15, 0.2) is 5.82 Å². The first kappa shape index (κ1) is 18.9. The van der Waals surface area contributed by atoms with Gasteiger partial charge < -0.3 is 15.4 Å². The molecule has 0 atom stereocenters. The number of anilines is 3. The number of benzene rings is 2. The fourth-order valence-corrected chi connectivity index (χ4v) is 3.54. The Labute approximate surface area is 170 Å². The number of nitrogens with zero attached hydrogens (tertiary/aromatic N) is 2. The Morgan fingerprint density at radius 2 is 1.66 bits per heavy atom. The van der Waals surface area contributed by atoms with Crippen molar-refractivity contribution in [3.63, 3.8) is 0 Å². The molecule has 1 fully saturated rings. The molecule has 0 radical (unpaired) electrons. The molecule has 6 heteroatoms. The summed E-state index contributed by atoms with van der Waals surface area (Å²) in [5.74, 6) is 1.83. The van der Waals surface area contributed by atoms with Crippen molar-refractivity contribution < 1.29 is 9.53 Å². The molecule has 4 rings (SSSR count). The standard InChI is InChI=1S/C23H24N4O2/c1-29-23(28)17-11-13-19(14-12-17)25-21-15-20(24-18-9-5-6-10-18)26-22(27-21)16-7-3-2-4-8-16/h2-4,7-8,11-15,18H,5-6,9-10H2,1H3,(H2,24,25,26,27). The monoisotopic (exact) mass is 388 g/mol. The molecule has 0 bridgehead atoms. The predicted molar refractivity (Wildman–Crippen MR) is 114 cm³/mol. The number of hydrogen-bond donors (Lipinski definition) is 2. The van der Waals surface area contributed by atoms with E-state index in [0.29, 0.717) is 23.2 Å². The molecule has 0 aliphatic heterocycles. The van der Waals surface area contributed by atoms with E-state index in [2.05, 4.69) is 10.6 Å². The Morgan fingerprint density at radius 1 is 0.966 bits per heavy atom. The maximum atomic E-state index is 11.6. The first-order valence-electron chi connectivity index (χ1n) is 9.88. The topological polar surface area (TPSA) is 76.1 Å². The van der Waals surface area contributed by atoms with Gasteiger partial charge in [-0.05, 0) is 37.1 Å². The summed E-state index contributed by atoms with van der Waals surface area (Å²) in [6.45, 7) is 0. The van der Waals surface area contributed by atoms with Crippen LogP contribution in [0.3, 0.4) is 0 Å². The number of carbonyl (C=O) groups excluding carboxylic acids is 1. The lowest BCUT2D eigenvalue weighted by Gasteiger charge is -2.15. The molecule has 3 aromatic rings. The Kier molecular flexibility index (Phi) is 5.70. The van der Waals surface area contributed by atoms with Crippen molar-refractivity contribution in [2.75, 3.05) is 17.7 Å². The van der Waals surface area contributed by atoms with Crippen LogP contribution in [-0.2, 0) is 4.74 Å². The predicted octanol–water partition coefficient (Wildman–Crippen LogP) is 5.03. The van der Waals surface area contributed by atoms with E-state index in [1.807, 2.05) is 48.5 Å². The van der Waals surface area contributed by atoms with Gasteiger partial charge >= 0.3 is 5.97 Å². The fourth-order valence-electron chi connectivity index (χ4n) is 3.54. The Balaban J connectivity index is 1.61. The van der Waals surface area contributed by atoms with Crippen molar-refractivity contribution in [1.29, 1.82) is 0 Å². The van der Waals surface area contributed by atoms with Crippen LogP contribution in [0, 0.1) is 0 Å². The maximum Gasteiger partial charge on any atom is 0.337 e. The SMILES string of the molecule is COC(=O)c1ccc(Nc2cc(NC3CCCC3)nc(-c3ccccc3)n2)cc1.